The van der Waals surface area contributed by atoms with Crippen LogP contribution in [-0.2, 0) is 0 Å². The Kier molecular flexibility index (Phi) is 3.87. The van der Waals surface area contributed by atoms with E-state index in [1.807, 2.05) is 0 Å². The minimum Gasteiger partial charge on any atom is -0.317 e. The van der Waals surface area contributed by atoms with Crippen molar-refractivity contribution in [3.63, 3.8) is 0 Å². The highest BCUT2D eigenvalue weighted by Crippen LogP contribution is 2.34. The third-order valence-corrected chi connectivity index (χ3v) is 5.22. The van der Waals surface area contributed by atoms with Crippen LogP contribution in [0.15, 0.2) is 0 Å². The summed E-state index contributed by atoms with van der Waals surface area (Å²) in [5, 5.41) is 3.47. The third kappa shape index (κ3) is 3.38. The Balaban J connectivity index is 1.88. The van der Waals surface area contributed by atoms with E-state index < -0.39 is 0 Å². The lowest BCUT2D eigenvalue weighted by Crippen LogP contribution is -2.49. The number of hydrogen-bond donors (Lipinski definition) is 1. The summed E-state index contributed by atoms with van der Waals surface area (Å²) in [7, 11) is 0. The monoisotopic (exact) mass is 242 g/mol. The highest BCUT2D eigenvalue weighted by atomic mass is 32.2. The molecule has 3 heteroatoms. The van der Waals surface area contributed by atoms with Crippen molar-refractivity contribution in [2.75, 3.05) is 38.5 Å². The van der Waals surface area contributed by atoms with Gasteiger partial charge in [-0.2, -0.15) is 11.8 Å². The fourth-order valence-corrected chi connectivity index (χ4v) is 4.15. The number of piperidine rings is 1. The zero-order valence-corrected chi connectivity index (χ0v) is 11.8. The van der Waals surface area contributed by atoms with E-state index in [0.29, 0.717) is 10.2 Å². The molecule has 0 aliphatic carbocycles. The molecule has 0 bridgehead atoms. The van der Waals surface area contributed by atoms with E-state index in [9.17, 15) is 0 Å². The number of hydrogen-bond acceptors (Lipinski definition) is 3. The Morgan fingerprint density at radius 3 is 2.50 bits per heavy atom. The highest BCUT2D eigenvalue weighted by Gasteiger charge is 2.33. The molecular weight excluding hydrogens is 216 g/mol. The van der Waals surface area contributed by atoms with Crippen LogP contribution in [0.3, 0.4) is 0 Å². The molecule has 2 aliphatic rings. The SMILES string of the molecule is CC1(CN2CCSC(C)(C)C2)CCNCC1. The van der Waals surface area contributed by atoms with Crippen LogP contribution in [0.5, 0.6) is 0 Å². The standard InChI is InChI=1S/C13H26N2S/c1-12(2)10-15(8-9-16-12)11-13(3)4-6-14-7-5-13/h14H,4-11H2,1-3H3. The molecule has 16 heavy (non-hydrogen) atoms. The molecule has 0 atom stereocenters. The van der Waals surface area contributed by atoms with Crippen LogP contribution >= 0.6 is 11.8 Å². The number of nitrogens with zero attached hydrogens (tertiary/aromatic N) is 1. The Labute approximate surface area is 105 Å². The predicted octanol–water partition coefficient (Wildman–Crippen LogP) is 2.20. The van der Waals surface area contributed by atoms with Gasteiger partial charge in [-0.1, -0.05) is 6.92 Å². The third-order valence-electron chi connectivity index (χ3n) is 3.92. The van der Waals surface area contributed by atoms with Gasteiger partial charge in [-0.15, -0.1) is 0 Å². The average Bonchev–Trinajstić information content (AvgIpc) is 2.16. The van der Waals surface area contributed by atoms with Crippen molar-refractivity contribution in [1.29, 1.82) is 0 Å². The van der Waals surface area contributed by atoms with Crippen LogP contribution in [0.4, 0.5) is 0 Å². The van der Waals surface area contributed by atoms with Crippen molar-refractivity contribution >= 4 is 11.8 Å². The van der Waals surface area contributed by atoms with Crippen molar-refractivity contribution in [2.45, 2.75) is 38.4 Å². The fraction of sp³-hybridized carbons (Fsp3) is 1.00. The minimum absolute atomic E-state index is 0.460. The first-order valence-corrected chi connectivity index (χ1v) is 7.55. The van der Waals surface area contributed by atoms with Gasteiger partial charge >= 0.3 is 0 Å². The molecule has 0 unspecified atom stereocenters. The van der Waals surface area contributed by atoms with E-state index in [1.165, 1.54) is 51.3 Å². The van der Waals surface area contributed by atoms with E-state index >= 15 is 0 Å². The Morgan fingerprint density at radius 1 is 1.19 bits per heavy atom. The molecule has 0 aromatic rings. The highest BCUT2D eigenvalue weighted by molar-refractivity contribution is 8.00. The summed E-state index contributed by atoms with van der Waals surface area (Å²) < 4.78 is 0.460. The fourth-order valence-electron chi connectivity index (χ4n) is 2.98. The molecule has 0 saturated carbocycles. The van der Waals surface area contributed by atoms with Gasteiger partial charge in [-0.25, -0.2) is 0 Å². The van der Waals surface area contributed by atoms with Gasteiger partial charge in [-0.05, 0) is 45.2 Å². The summed E-state index contributed by atoms with van der Waals surface area (Å²) in [5.74, 6) is 1.31. The molecule has 0 radical (unpaired) electrons. The van der Waals surface area contributed by atoms with Crippen LogP contribution in [-0.4, -0.2) is 48.1 Å². The topological polar surface area (TPSA) is 15.3 Å². The molecule has 2 fully saturated rings. The Bertz CT molecular complexity index is 234. The molecule has 1 N–H and O–H groups in total. The first-order valence-electron chi connectivity index (χ1n) is 6.56. The molecular formula is C13H26N2S. The minimum atomic E-state index is 0.460. The zero-order valence-electron chi connectivity index (χ0n) is 11.0. The van der Waals surface area contributed by atoms with Crippen molar-refractivity contribution in [1.82, 2.24) is 10.2 Å². The summed E-state index contributed by atoms with van der Waals surface area (Å²) >= 11 is 2.13. The zero-order chi connectivity index (χ0) is 11.6. The maximum absolute atomic E-state index is 3.47. The molecule has 2 heterocycles. The molecule has 0 aromatic heterocycles. The van der Waals surface area contributed by atoms with Crippen molar-refractivity contribution < 1.29 is 0 Å². The van der Waals surface area contributed by atoms with Crippen LogP contribution in [0.1, 0.15) is 33.6 Å². The van der Waals surface area contributed by atoms with Gasteiger partial charge in [-0.3, -0.25) is 0 Å². The molecule has 0 aromatic carbocycles. The average molecular weight is 242 g/mol. The van der Waals surface area contributed by atoms with Gasteiger partial charge in [0.25, 0.3) is 0 Å². The van der Waals surface area contributed by atoms with E-state index in [-0.39, 0.29) is 0 Å². The predicted molar refractivity (Wildman–Crippen MR) is 73.2 cm³/mol. The van der Waals surface area contributed by atoms with Crippen LogP contribution in [0.25, 0.3) is 0 Å². The van der Waals surface area contributed by atoms with Crippen LogP contribution < -0.4 is 5.32 Å². The summed E-state index contributed by atoms with van der Waals surface area (Å²) in [6, 6.07) is 0. The normalized spacial score (nSPS) is 30.2. The second kappa shape index (κ2) is 4.87. The van der Waals surface area contributed by atoms with Gasteiger partial charge in [0.1, 0.15) is 0 Å². The number of nitrogens with one attached hydrogen (secondary N) is 1. The summed E-state index contributed by atoms with van der Waals surface area (Å²) in [6.07, 6.45) is 2.69. The lowest BCUT2D eigenvalue weighted by atomic mass is 9.80. The smallest absolute Gasteiger partial charge is 0.0231 e. The first kappa shape index (κ1) is 12.7. The molecule has 2 aliphatic heterocycles. The quantitative estimate of drug-likeness (QED) is 0.799. The molecule has 0 spiro atoms. The van der Waals surface area contributed by atoms with Crippen LogP contribution in [0, 0.1) is 5.41 Å². The van der Waals surface area contributed by atoms with Gasteiger partial charge in [0.15, 0.2) is 0 Å². The van der Waals surface area contributed by atoms with Crippen LogP contribution in [0.2, 0.25) is 0 Å². The largest absolute Gasteiger partial charge is 0.317 e. The molecule has 2 nitrogen and oxygen atoms in total. The van der Waals surface area contributed by atoms with Gasteiger partial charge in [0.2, 0.25) is 0 Å². The van der Waals surface area contributed by atoms with Crippen molar-refractivity contribution in [3.05, 3.63) is 0 Å². The Morgan fingerprint density at radius 2 is 1.88 bits per heavy atom. The maximum atomic E-state index is 3.47. The van der Waals surface area contributed by atoms with E-state index in [4.69, 9.17) is 0 Å². The van der Waals surface area contributed by atoms with Gasteiger partial charge < -0.3 is 10.2 Å². The van der Waals surface area contributed by atoms with Gasteiger partial charge in [0.05, 0.1) is 0 Å². The molecule has 0 amide bonds. The van der Waals surface area contributed by atoms with Crippen molar-refractivity contribution in [2.24, 2.45) is 5.41 Å². The van der Waals surface area contributed by atoms with Crippen molar-refractivity contribution in [3.8, 4) is 0 Å². The lowest BCUT2D eigenvalue weighted by Gasteiger charge is -2.43. The summed E-state index contributed by atoms with van der Waals surface area (Å²) in [4.78, 5) is 2.70. The summed E-state index contributed by atoms with van der Waals surface area (Å²) in [5.41, 5.74) is 0.559. The maximum Gasteiger partial charge on any atom is 0.0231 e. The molecule has 94 valence electrons. The van der Waals surface area contributed by atoms with E-state index in [2.05, 4.69) is 42.7 Å². The number of rotatable bonds is 2. The second-order valence-corrected chi connectivity index (χ2v) is 8.18. The molecule has 2 saturated heterocycles. The van der Waals surface area contributed by atoms with E-state index in [0.717, 1.165) is 0 Å². The second-order valence-electron chi connectivity index (χ2n) is 6.38. The number of thioether (sulfide) groups is 1. The Hall–Kier alpha value is 0.270. The molecule has 2 rings (SSSR count). The van der Waals surface area contributed by atoms with Gasteiger partial charge in [0, 0.05) is 30.1 Å². The first-order chi connectivity index (χ1) is 7.49. The summed E-state index contributed by atoms with van der Waals surface area (Å²) in [6.45, 7) is 13.5. The lowest BCUT2D eigenvalue weighted by molar-refractivity contribution is 0.124. The van der Waals surface area contributed by atoms with E-state index in [1.54, 1.807) is 0 Å².